The van der Waals surface area contributed by atoms with E-state index in [1.165, 1.54) is 50.7 Å². The van der Waals surface area contributed by atoms with Crippen LogP contribution in [0.4, 0.5) is 0 Å². The molecule has 0 saturated carbocycles. The third-order valence-electron chi connectivity index (χ3n) is 3.67. The maximum absolute atomic E-state index is 11.6. The highest BCUT2D eigenvalue weighted by atomic mass is 32.2. The number of carbonyl (C=O) groups excluding carboxylic acids is 3. The summed E-state index contributed by atoms with van der Waals surface area (Å²) in [5.41, 5.74) is 0.400. The molecule has 1 heterocycles. The quantitative estimate of drug-likeness (QED) is 0.590. The maximum Gasteiger partial charge on any atom is 0.303 e. The number of carbonyl (C=O) groups is 3. The van der Waals surface area contributed by atoms with Gasteiger partial charge in [0.15, 0.2) is 18.3 Å². The van der Waals surface area contributed by atoms with Gasteiger partial charge in [0.25, 0.3) is 0 Å². The van der Waals surface area contributed by atoms with Crippen LogP contribution in [0.2, 0.25) is 0 Å². The van der Waals surface area contributed by atoms with Gasteiger partial charge in [-0.05, 0) is 6.07 Å². The summed E-state index contributed by atoms with van der Waals surface area (Å²) in [6, 6.07) is 4.05. The number of hydrogen-bond acceptors (Lipinski definition) is 9. The van der Waals surface area contributed by atoms with E-state index >= 15 is 0 Å². The summed E-state index contributed by atoms with van der Waals surface area (Å²) in [5.74, 6) is -1.83. The number of thioether (sulfide) groups is 1. The summed E-state index contributed by atoms with van der Waals surface area (Å²) in [6.45, 7) is 3.64. The average Bonchev–Trinajstić information content (AvgIpc) is 2.50. The third-order valence-corrected chi connectivity index (χ3v) is 5.07. The van der Waals surface area contributed by atoms with E-state index in [1.807, 2.05) is 0 Å². The molecule has 1 saturated heterocycles. The highest BCUT2D eigenvalue weighted by Crippen LogP contribution is 2.46. The Bertz CT molecular complexity index is 704. The lowest BCUT2D eigenvalue weighted by atomic mass is 9.98. The van der Waals surface area contributed by atoms with E-state index in [-0.39, 0.29) is 17.3 Å². The predicted octanol–water partition coefficient (Wildman–Crippen LogP) is 1.68. The average molecular weight is 384 g/mol. The predicted molar refractivity (Wildman–Crippen MR) is 91.6 cm³/mol. The molecule has 0 aliphatic carbocycles. The van der Waals surface area contributed by atoms with Gasteiger partial charge in [-0.3, -0.25) is 14.4 Å². The largest absolute Gasteiger partial charge is 0.508 e. The van der Waals surface area contributed by atoms with Crippen LogP contribution in [0, 0.1) is 0 Å². The van der Waals surface area contributed by atoms with Crippen LogP contribution in [0.25, 0.3) is 0 Å². The Kier molecular flexibility index (Phi) is 6.36. The molecule has 0 aromatic heterocycles. The second-order valence-electron chi connectivity index (χ2n) is 5.79. The van der Waals surface area contributed by atoms with Crippen molar-refractivity contribution in [3.63, 3.8) is 0 Å². The SMILES string of the molecule is CC(=O)O[C@@H]1[C@@H](OC(C)=O)[C@H](c2ccc(O)cc2O)SC[C@H]1OC(C)=O. The topological polar surface area (TPSA) is 119 Å². The number of aromatic hydroxyl groups is 2. The molecule has 0 radical (unpaired) electrons. The normalized spacial score (nSPS) is 25.2. The van der Waals surface area contributed by atoms with Crippen molar-refractivity contribution in [2.75, 3.05) is 5.75 Å². The van der Waals surface area contributed by atoms with E-state index < -0.39 is 41.5 Å². The molecule has 0 amide bonds. The summed E-state index contributed by atoms with van der Waals surface area (Å²) >= 11 is 1.28. The summed E-state index contributed by atoms with van der Waals surface area (Å²) in [4.78, 5) is 34.5. The number of phenols is 2. The molecular formula is C17H20O8S. The monoisotopic (exact) mass is 384 g/mol. The van der Waals surface area contributed by atoms with Crippen molar-refractivity contribution in [3.05, 3.63) is 23.8 Å². The molecule has 0 bridgehead atoms. The van der Waals surface area contributed by atoms with Gasteiger partial charge in [-0.1, -0.05) is 6.07 Å². The van der Waals surface area contributed by atoms with Crippen LogP contribution < -0.4 is 0 Å². The van der Waals surface area contributed by atoms with Crippen molar-refractivity contribution in [1.82, 2.24) is 0 Å². The molecule has 8 nitrogen and oxygen atoms in total. The van der Waals surface area contributed by atoms with Crippen LogP contribution in [0.5, 0.6) is 11.5 Å². The molecule has 1 aromatic rings. The molecule has 9 heteroatoms. The first kappa shape index (κ1) is 19.9. The first-order valence-electron chi connectivity index (χ1n) is 7.84. The number of phenolic OH excluding ortho intramolecular Hbond substituents is 2. The Labute approximate surface area is 154 Å². The van der Waals surface area contributed by atoms with Crippen molar-refractivity contribution in [1.29, 1.82) is 0 Å². The van der Waals surface area contributed by atoms with E-state index in [0.717, 1.165) is 0 Å². The molecule has 2 rings (SSSR count). The van der Waals surface area contributed by atoms with Crippen LogP contribution in [-0.2, 0) is 28.6 Å². The molecule has 0 unspecified atom stereocenters. The highest BCUT2D eigenvalue weighted by molar-refractivity contribution is 7.99. The van der Waals surface area contributed by atoms with E-state index in [4.69, 9.17) is 14.2 Å². The third kappa shape index (κ3) is 4.81. The van der Waals surface area contributed by atoms with E-state index in [1.54, 1.807) is 0 Å². The second-order valence-corrected chi connectivity index (χ2v) is 6.97. The zero-order valence-electron chi connectivity index (χ0n) is 14.5. The first-order chi connectivity index (χ1) is 12.2. The van der Waals surface area contributed by atoms with Gasteiger partial charge >= 0.3 is 17.9 Å². The van der Waals surface area contributed by atoms with Crippen LogP contribution in [0.1, 0.15) is 31.6 Å². The Hall–Kier alpha value is -2.42. The maximum atomic E-state index is 11.6. The lowest BCUT2D eigenvalue weighted by Gasteiger charge is -2.40. The molecule has 1 aliphatic heterocycles. The highest BCUT2D eigenvalue weighted by Gasteiger charge is 2.47. The molecule has 26 heavy (non-hydrogen) atoms. The molecule has 1 fully saturated rings. The van der Waals surface area contributed by atoms with Gasteiger partial charge in [-0.15, -0.1) is 11.8 Å². The molecule has 0 spiro atoms. The van der Waals surface area contributed by atoms with Crippen LogP contribution in [0.15, 0.2) is 18.2 Å². The molecule has 1 aliphatic rings. The van der Waals surface area contributed by atoms with Gasteiger partial charge < -0.3 is 24.4 Å². The molecule has 1 aromatic carbocycles. The fourth-order valence-electron chi connectivity index (χ4n) is 2.78. The van der Waals surface area contributed by atoms with Gasteiger partial charge in [0.2, 0.25) is 0 Å². The molecule has 4 atom stereocenters. The van der Waals surface area contributed by atoms with Gasteiger partial charge in [-0.25, -0.2) is 0 Å². The number of ether oxygens (including phenoxy) is 3. The van der Waals surface area contributed by atoms with Crippen LogP contribution >= 0.6 is 11.8 Å². The Balaban J connectivity index is 2.42. The minimum atomic E-state index is -1.03. The summed E-state index contributed by atoms with van der Waals surface area (Å²) in [5, 5.41) is 19.1. The van der Waals surface area contributed by atoms with Gasteiger partial charge in [0, 0.05) is 38.2 Å². The van der Waals surface area contributed by atoms with Gasteiger partial charge in [0.05, 0.1) is 5.25 Å². The zero-order chi connectivity index (χ0) is 19.4. The van der Waals surface area contributed by atoms with Gasteiger partial charge in [0.1, 0.15) is 11.5 Å². The number of hydrogen-bond donors (Lipinski definition) is 2. The van der Waals surface area contributed by atoms with Crippen molar-refractivity contribution >= 4 is 29.7 Å². The number of esters is 3. The van der Waals surface area contributed by atoms with E-state index in [9.17, 15) is 24.6 Å². The minimum Gasteiger partial charge on any atom is -0.508 e. The molecule has 2 N–H and O–H groups in total. The van der Waals surface area contributed by atoms with Crippen LogP contribution in [0.3, 0.4) is 0 Å². The summed E-state index contributed by atoms with van der Waals surface area (Å²) in [6.07, 6.45) is -2.82. The Morgan fingerprint density at radius 1 is 0.962 bits per heavy atom. The second kappa shape index (κ2) is 8.31. The van der Waals surface area contributed by atoms with Crippen molar-refractivity contribution in [2.45, 2.75) is 44.3 Å². The Morgan fingerprint density at radius 2 is 1.54 bits per heavy atom. The fourth-order valence-corrected chi connectivity index (χ4v) is 4.21. The first-order valence-corrected chi connectivity index (χ1v) is 8.89. The fraction of sp³-hybridized carbons (Fsp3) is 0.471. The smallest absolute Gasteiger partial charge is 0.303 e. The van der Waals surface area contributed by atoms with Crippen molar-refractivity contribution < 1.29 is 38.8 Å². The summed E-state index contributed by atoms with van der Waals surface area (Å²) < 4.78 is 15.9. The minimum absolute atomic E-state index is 0.120. The van der Waals surface area contributed by atoms with Gasteiger partial charge in [-0.2, -0.15) is 0 Å². The molecule has 142 valence electrons. The van der Waals surface area contributed by atoms with E-state index in [0.29, 0.717) is 5.56 Å². The van der Waals surface area contributed by atoms with E-state index in [2.05, 4.69) is 0 Å². The number of rotatable bonds is 4. The summed E-state index contributed by atoms with van der Waals surface area (Å²) in [7, 11) is 0. The standard InChI is InChI=1S/C17H20O8S/c1-8(18)23-14-7-26-17(12-5-4-11(21)6-13(12)22)16(25-10(3)20)15(14)24-9(2)19/h4-6,14-17,21-22H,7H2,1-3H3/t14-,15+,16-,17+/m1/s1. The molecular weight excluding hydrogens is 364 g/mol. The van der Waals surface area contributed by atoms with Crippen molar-refractivity contribution in [3.8, 4) is 11.5 Å². The van der Waals surface area contributed by atoms with Crippen molar-refractivity contribution in [2.24, 2.45) is 0 Å². The lowest BCUT2D eigenvalue weighted by Crippen LogP contribution is -2.51. The zero-order valence-corrected chi connectivity index (χ0v) is 15.3. The number of benzene rings is 1. The Morgan fingerprint density at radius 3 is 2.08 bits per heavy atom. The lowest BCUT2D eigenvalue weighted by molar-refractivity contribution is -0.182. The van der Waals surface area contributed by atoms with Crippen LogP contribution in [-0.4, -0.2) is 52.2 Å².